The van der Waals surface area contributed by atoms with Crippen LogP contribution in [0.25, 0.3) is 21.9 Å². The largest absolute Gasteiger partial charge is 0.216 e. The predicted molar refractivity (Wildman–Crippen MR) is 88.8 cm³/mol. The third-order valence-corrected chi connectivity index (χ3v) is 5.40. The average molecular weight is 309 g/mol. The molecule has 0 saturated carbocycles. The molecule has 110 valence electrons. The van der Waals surface area contributed by atoms with E-state index < -0.39 is 10.0 Å². The van der Waals surface area contributed by atoms with Gasteiger partial charge in [0, 0.05) is 6.54 Å². The number of nitrogens with one attached hydrogen (secondary N) is 1. The molecule has 1 aliphatic rings. The first-order chi connectivity index (χ1) is 10.6. The van der Waals surface area contributed by atoms with Crippen molar-refractivity contribution in [3.05, 3.63) is 71.8 Å². The van der Waals surface area contributed by atoms with Crippen molar-refractivity contribution in [3.8, 4) is 11.1 Å². The molecular weight excluding hydrogens is 294 g/mol. The van der Waals surface area contributed by atoms with Gasteiger partial charge in [0.25, 0.3) is 0 Å². The molecule has 3 aromatic rings. The lowest BCUT2D eigenvalue weighted by Crippen LogP contribution is -2.30. The van der Waals surface area contributed by atoms with Gasteiger partial charge in [-0.05, 0) is 39.1 Å². The highest BCUT2D eigenvalue weighted by atomic mass is 32.2. The fourth-order valence-corrected chi connectivity index (χ4v) is 4.23. The van der Waals surface area contributed by atoms with Crippen molar-refractivity contribution in [1.29, 1.82) is 0 Å². The quantitative estimate of drug-likeness (QED) is 0.748. The molecule has 4 heteroatoms. The molecule has 0 unspecified atom stereocenters. The third-order valence-electron chi connectivity index (χ3n) is 4.15. The zero-order chi connectivity index (χ0) is 15.2. The van der Waals surface area contributed by atoms with E-state index in [1.807, 2.05) is 30.3 Å². The summed E-state index contributed by atoms with van der Waals surface area (Å²) in [7, 11) is -3.22. The Hall–Kier alpha value is -2.17. The standard InChI is InChI=1S/C18H15NO2S/c20-22(21)12-18-16(11-19-22)6-3-7-17(18)15-9-8-13-4-1-2-5-14(13)10-15/h1-10,19H,11-12H2. The molecule has 4 rings (SSSR count). The normalized spacial score (nSPS) is 16.4. The molecule has 0 bridgehead atoms. The molecule has 0 spiro atoms. The lowest BCUT2D eigenvalue weighted by molar-refractivity contribution is 0.576. The van der Waals surface area contributed by atoms with Gasteiger partial charge in [-0.1, -0.05) is 54.6 Å². The molecule has 0 radical (unpaired) electrons. The molecule has 0 atom stereocenters. The van der Waals surface area contributed by atoms with Crippen LogP contribution in [-0.4, -0.2) is 8.42 Å². The second-order valence-corrected chi connectivity index (χ2v) is 7.39. The molecule has 22 heavy (non-hydrogen) atoms. The Morgan fingerprint density at radius 1 is 0.864 bits per heavy atom. The lowest BCUT2D eigenvalue weighted by Gasteiger charge is -2.20. The zero-order valence-electron chi connectivity index (χ0n) is 11.9. The van der Waals surface area contributed by atoms with Gasteiger partial charge in [-0.15, -0.1) is 0 Å². The Kier molecular flexibility index (Phi) is 3.03. The van der Waals surface area contributed by atoms with Crippen LogP contribution < -0.4 is 4.72 Å². The summed E-state index contributed by atoms with van der Waals surface area (Å²) in [5.41, 5.74) is 4.04. The third kappa shape index (κ3) is 2.30. The van der Waals surface area contributed by atoms with Gasteiger partial charge < -0.3 is 0 Å². The summed E-state index contributed by atoms with van der Waals surface area (Å²) in [5.74, 6) is 0.0470. The van der Waals surface area contributed by atoms with E-state index in [0.717, 1.165) is 27.6 Å². The van der Waals surface area contributed by atoms with Crippen LogP contribution in [0.3, 0.4) is 0 Å². The fraction of sp³-hybridized carbons (Fsp3) is 0.111. The maximum atomic E-state index is 11.9. The van der Waals surface area contributed by atoms with Gasteiger partial charge in [-0.25, -0.2) is 13.1 Å². The number of sulfonamides is 1. The molecular formula is C18H15NO2S. The number of fused-ring (bicyclic) bond motifs is 2. The first kappa shape index (κ1) is 13.5. The Morgan fingerprint density at radius 3 is 2.55 bits per heavy atom. The molecule has 1 N–H and O–H groups in total. The van der Waals surface area contributed by atoms with Gasteiger partial charge >= 0.3 is 0 Å². The van der Waals surface area contributed by atoms with E-state index in [4.69, 9.17) is 0 Å². The Labute approximate surface area is 129 Å². The van der Waals surface area contributed by atoms with Crippen molar-refractivity contribution >= 4 is 20.8 Å². The molecule has 0 aliphatic carbocycles. The summed E-state index contributed by atoms with van der Waals surface area (Å²) in [6.07, 6.45) is 0. The summed E-state index contributed by atoms with van der Waals surface area (Å²) in [6.45, 7) is 0.374. The van der Waals surface area contributed by atoms with Gasteiger partial charge in [0.2, 0.25) is 10.0 Å². The fourth-order valence-electron chi connectivity index (χ4n) is 3.03. The molecule has 3 aromatic carbocycles. The van der Waals surface area contributed by atoms with Crippen LogP contribution in [0, 0.1) is 0 Å². The van der Waals surface area contributed by atoms with Crippen molar-refractivity contribution in [2.75, 3.05) is 0 Å². The van der Waals surface area contributed by atoms with Crippen LogP contribution in [-0.2, 0) is 22.3 Å². The van der Waals surface area contributed by atoms with Gasteiger partial charge in [0.15, 0.2) is 0 Å². The van der Waals surface area contributed by atoms with E-state index in [9.17, 15) is 8.42 Å². The van der Waals surface area contributed by atoms with E-state index in [0.29, 0.717) is 6.54 Å². The lowest BCUT2D eigenvalue weighted by atomic mass is 9.94. The van der Waals surface area contributed by atoms with Crippen molar-refractivity contribution in [2.24, 2.45) is 0 Å². The number of benzene rings is 3. The predicted octanol–water partition coefficient (Wildman–Crippen LogP) is 3.44. The molecule has 0 aromatic heterocycles. The Morgan fingerprint density at radius 2 is 1.68 bits per heavy atom. The van der Waals surface area contributed by atoms with Crippen molar-refractivity contribution in [3.63, 3.8) is 0 Å². The highest BCUT2D eigenvalue weighted by molar-refractivity contribution is 7.88. The minimum absolute atomic E-state index is 0.0470. The number of hydrogen-bond acceptors (Lipinski definition) is 2. The maximum absolute atomic E-state index is 11.9. The average Bonchev–Trinajstić information content (AvgIpc) is 2.53. The smallest absolute Gasteiger partial charge is 0.212 e. The van der Waals surface area contributed by atoms with Gasteiger partial charge in [0.1, 0.15) is 0 Å². The van der Waals surface area contributed by atoms with Crippen LogP contribution in [0.1, 0.15) is 11.1 Å². The first-order valence-electron chi connectivity index (χ1n) is 7.20. The summed E-state index contributed by atoms with van der Waals surface area (Å²) in [4.78, 5) is 0. The van der Waals surface area contributed by atoms with E-state index in [-0.39, 0.29) is 5.75 Å². The monoisotopic (exact) mass is 309 g/mol. The van der Waals surface area contributed by atoms with Gasteiger partial charge in [0.05, 0.1) is 5.75 Å². The summed E-state index contributed by atoms with van der Waals surface area (Å²) >= 11 is 0. The topological polar surface area (TPSA) is 46.2 Å². The SMILES string of the molecule is O=S1(=O)Cc2c(cccc2-c2ccc3ccccc3c2)CN1. The zero-order valence-corrected chi connectivity index (χ0v) is 12.7. The maximum Gasteiger partial charge on any atom is 0.216 e. The molecule has 0 fully saturated rings. The van der Waals surface area contributed by atoms with E-state index in [1.165, 1.54) is 5.39 Å². The Bertz CT molecular complexity index is 977. The van der Waals surface area contributed by atoms with Crippen molar-refractivity contribution < 1.29 is 8.42 Å². The van der Waals surface area contributed by atoms with E-state index in [2.05, 4.69) is 35.1 Å². The van der Waals surface area contributed by atoms with E-state index in [1.54, 1.807) is 0 Å². The molecule has 0 saturated heterocycles. The summed E-state index contributed by atoms with van der Waals surface area (Å²) < 4.78 is 26.4. The molecule has 3 nitrogen and oxygen atoms in total. The number of rotatable bonds is 1. The summed E-state index contributed by atoms with van der Waals surface area (Å²) in [6, 6.07) is 20.4. The minimum Gasteiger partial charge on any atom is -0.212 e. The molecule has 1 aliphatic heterocycles. The Balaban J connectivity index is 1.92. The van der Waals surface area contributed by atoms with Gasteiger partial charge in [-0.2, -0.15) is 0 Å². The van der Waals surface area contributed by atoms with Crippen molar-refractivity contribution in [2.45, 2.75) is 12.3 Å². The van der Waals surface area contributed by atoms with E-state index >= 15 is 0 Å². The molecule has 0 amide bonds. The second-order valence-electron chi connectivity index (χ2n) is 5.59. The van der Waals surface area contributed by atoms with Crippen LogP contribution in [0.2, 0.25) is 0 Å². The second kappa shape index (κ2) is 4.93. The highest BCUT2D eigenvalue weighted by Gasteiger charge is 2.23. The minimum atomic E-state index is -3.22. The highest BCUT2D eigenvalue weighted by Crippen LogP contribution is 2.31. The first-order valence-corrected chi connectivity index (χ1v) is 8.85. The van der Waals surface area contributed by atoms with Crippen LogP contribution in [0.4, 0.5) is 0 Å². The van der Waals surface area contributed by atoms with Crippen LogP contribution >= 0.6 is 0 Å². The molecule has 1 heterocycles. The number of hydrogen-bond donors (Lipinski definition) is 1. The summed E-state index contributed by atoms with van der Waals surface area (Å²) in [5, 5.41) is 2.35. The van der Waals surface area contributed by atoms with Crippen molar-refractivity contribution in [1.82, 2.24) is 4.72 Å². The van der Waals surface area contributed by atoms with Crippen LogP contribution in [0.15, 0.2) is 60.7 Å². The van der Waals surface area contributed by atoms with Crippen LogP contribution in [0.5, 0.6) is 0 Å². The van der Waals surface area contributed by atoms with Gasteiger partial charge in [-0.3, -0.25) is 0 Å².